The van der Waals surface area contributed by atoms with Gasteiger partial charge in [0.05, 0.1) is 10.2 Å². The molecule has 0 aliphatic rings. The van der Waals surface area contributed by atoms with Gasteiger partial charge in [-0.2, -0.15) is 0 Å². The lowest BCUT2D eigenvalue weighted by molar-refractivity contribution is 0.0697. The minimum atomic E-state index is -0.872. The lowest BCUT2D eigenvalue weighted by Gasteiger charge is -2.03. The number of aromatic carboxylic acids is 1. The number of nitrogens with zero attached hydrogens (tertiary/aromatic N) is 1. The molecule has 1 aromatic rings. The second-order valence-electron chi connectivity index (χ2n) is 3.61. The molecule has 0 amide bonds. The van der Waals surface area contributed by atoms with Crippen molar-refractivity contribution in [1.29, 1.82) is 0 Å². The molecule has 0 saturated carbocycles. The van der Waals surface area contributed by atoms with E-state index in [-0.39, 0.29) is 0 Å². The summed E-state index contributed by atoms with van der Waals surface area (Å²) in [6, 6.07) is 1.64. The molecule has 1 N–H and O–H groups in total. The molecule has 3 nitrogen and oxygen atoms in total. The van der Waals surface area contributed by atoms with Crippen LogP contribution in [0.1, 0.15) is 43.0 Å². The fourth-order valence-corrected chi connectivity index (χ4v) is 2.00. The first-order chi connectivity index (χ1) is 7.15. The highest BCUT2D eigenvalue weighted by Crippen LogP contribution is 2.16. The highest BCUT2D eigenvalue weighted by Gasteiger charge is 2.08. The summed E-state index contributed by atoms with van der Waals surface area (Å²) in [5.74, 6) is -0.872. The van der Waals surface area contributed by atoms with Gasteiger partial charge in [0.1, 0.15) is 0 Å². The number of hydrogen-bond donors (Lipinski definition) is 1. The minimum absolute atomic E-state index is 0.345. The number of aryl methyl sites for hydroxylation is 1. The van der Waals surface area contributed by atoms with Gasteiger partial charge in [-0.1, -0.05) is 26.2 Å². The molecule has 0 aliphatic carbocycles. The third-order valence-corrected chi connectivity index (χ3v) is 3.03. The molecule has 4 heteroatoms. The van der Waals surface area contributed by atoms with Crippen LogP contribution in [0.25, 0.3) is 0 Å². The van der Waals surface area contributed by atoms with Gasteiger partial charge in [0.25, 0.3) is 0 Å². The van der Waals surface area contributed by atoms with Crippen LogP contribution in [0.3, 0.4) is 0 Å². The Morgan fingerprint density at radius 2 is 2.20 bits per heavy atom. The van der Waals surface area contributed by atoms with E-state index >= 15 is 0 Å². The zero-order valence-corrected chi connectivity index (χ0v) is 10.5. The van der Waals surface area contributed by atoms with E-state index in [1.54, 1.807) is 12.3 Å². The Bertz CT molecular complexity index is 333. The second kappa shape index (κ2) is 5.95. The Labute approximate surface area is 98.2 Å². The number of aromatic nitrogens is 1. The predicted octanol–water partition coefficient (Wildman–Crippen LogP) is 3.53. The first kappa shape index (κ1) is 12.3. The summed E-state index contributed by atoms with van der Waals surface area (Å²) in [6.45, 7) is 3.06. The Morgan fingerprint density at radius 1 is 1.47 bits per heavy atom. The zero-order valence-electron chi connectivity index (χ0n) is 8.87. The molecule has 0 fully saturated rings. The molecule has 0 aromatic carbocycles. The molecular weight excluding hydrogens is 258 g/mol. The van der Waals surface area contributed by atoms with Crippen LogP contribution < -0.4 is 0 Å². The zero-order chi connectivity index (χ0) is 11.3. The van der Waals surface area contributed by atoms with Crippen molar-refractivity contribution in [1.82, 2.24) is 4.57 Å². The Kier molecular flexibility index (Phi) is 4.88. The summed E-state index contributed by atoms with van der Waals surface area (Å²) in [5, 5.41) is 8.80. The third kappa shape index (κ3) is 3.70. The van der Waals surface area contributed by atoms with Crippen molar-refractivity contribution >= 4 is 21.9 Å². The Balaban J connectivity index is 2.50. The fraction of sp³-hybridized carbons (Fsp3) is 0.545. The fourth-order valence-electron chi connectivity index (χ4n) is 1.48. The van der Waals surface area contributed by atoms with E-state index in [0.717, 1.165) is 17.6 Å². The van der Waals surface area contributed by atoms with Crippen molar-refractivity contribution < 1.29 is 9.90 Å². The van der Waals surface area contributed by atoms with Crippen LogP contribution in [0.2, 0.25) is 0 Å². The van der Waals surface area contributed by atoms with E-state index in [1.165, 1.54) is 19.3 Å². The number of carbonyl (C=O) groups is 1. The SMILES string of the molecule is CCCCCCn1cc(C(=O)O)cc1Br. The van der Waals surface area contributed by atoms with Crippen LogP contribution in [0.4, 0.5) is 0 Å². The lowest BCUT2D eigenvalue weighted by atomic mass is 10.2. The van der Waals surface area contributed by atoms with Gasteiger partial charge in [0.15, 0.2) is 0 Å². The van der Waals surface area contributed by atoms with Crippen molar-refractivity contribution in [2.45, 2.75) is 39.2 Å². The Hall–Kier alpha value is -0.770. The normalized spacial score (nSPS) is 10.5. The maximum absolute atomic E-state index is 10.7. The van der Waals surface area contributed by atoms with E-state index in [0.29, 0.717) is 5.56 Å². The van der Waals surface area contributed by atoms with Gasteiger partial charge >= 0.3 is 5.97 Å². The number of rotatable bonds is 6. The second-order valence-corrected chi connectivity index (χ2v) is 4.42. The summed E-state index contributed by atoms with van der Waals surface area (Å²) in [6.07, 6.45) is 6.43. The summed E-state index contributed by atoms with van der Waals surface area (Å²) in [5.41, 5.74) is 0.345. The van der Waals surface area contributed by atoms with Crippen LogP contribution >= 0.6 is 15.9 Å². The van der Waals surface area contributed by atoms with Gasteiger partial charge < -0.3 is 9.67 Å². The first-order valence-corrected chi connectivity index (χ1v) is 6.03. The number of unbranched alkanes of at least 4 members (excludes halogenated alkanes) is 3. The van der Waals surface area contributed by atoms with Gasteiger partial charge in [0.2, 0.25) is 0 Å². The molecule has 0 radical (unpaired) electrons. The molecule has 0 aliphatic heterocycles. The smallest absolute Gasteiger partial charge is 0.337 e. The molecular formula is C11H16BrNO2. The maximum Gasteiger partial charge on any atom is 0.337 e. The molecule has 84 valence electrons. The molecule has 0 saturated heterocycles. The quantitative estimate of drug-likeness (QED) is 0.806. The van der Waals surface area contributed by atoms with E-state index in [2.05, 4.69) is 22.9 Å². The largest absolute Gasteiger partial charge is 0.478 e. The number of carboxylic acids is 1. The summed E-state index contributed by atoms with van der Waals surface area (Å²) < 4.78 is 2.79. The summed E-state index contributed by atoms with van der Waals surface area (Å²) >= 11 is 3.35. The highest BCUT2D eigenvalue weighted by molar-refractivity contribution is 9.10. The van der Waals surface area contributed by atoms with E-state index in [4.69, 9.17) is 5.11 Å². The topological polar surface area (TPSA) is 42.2 Å². The number of halogens is 1. The molecule has 15 heavy (non-hydrogen) atoms. The van der Waals surface area contributed by atoms with E-state index in [1.807, 2.05) is 4.57 Å². The maximum atomic E-state index is 10.7. The number of hydrogen-bond acceptors (Lipinski definition) is 1. The molecule has 1 heterocycles. The van der Waals surface area contributed by atoms with Crippen LogP contribution in [0, 0.1) is 0 Å². The van der Waals surface area contributed by atoms with Crippen LogP contribution in [-0.2, 0) is 6.54 Å². The average Bonchev–Trinajstić information content (AvgIpc) is 2.55. The molecule has 0 spiro atoms. The summed E-state index contributed by atoms with van der Waals surface area (Å²) in [4.78, 5) is 10.7. The first-order valence-electron chi connectivity index (χ1n) is 5.24. The van der Waals surface area contributed by atoms with Crippen LogP contribution in [0.15, 0.2) is 16.9 Å². The standard InChI is InChI=1S/C11H16BrNO2/c1-2-3-4-5-6-13-8-9(11(14)15)7-10(13)12/h7-8H,2-6H2,1H3,(H,14,15). The van der Waals surface area contributed by atoms with Crippen molar-refractivity contribution in [3.63, 3.8) is 0 Å². The molecule has 1 aromatic heterocycles. The van der Waals surface area contributed by atoms with Gasteiger partial charge in [-0.15, -0.1) is 0 Å². The highest BCUT2D eigenvalue weighted by atomic mass is 79.9. The van der Waals surface area contributed by atoms with Crippen molar-refractivity contribution in [2.24, 2.45) is 0 Å². The van der Waals surface area contributed by atoms with Crippen LogP contribution in [0.5, 0.6) is 0 Å². The molecule has 1 rings (SSSR count). The van der Waals surface area contributed by atoms with Crippen molar-refractivity contribution in [3.05, 3.63) is 22.4 Å². The molecule has 0 bridgehead atoms. The third-order valence-electron chi connectivity index (χ3n) is 2.34. The monoisotopic (exact) mass is 273 g/mol. The molecule has 0 unspecified atom stereocenters. The van der Waals surface area contributed by atoms with E-state index in [9.17, 15) is 4.79 Å². The van der Waals surface area contributed by atoms with Gasteiger partial charge in [0, 0.05) is 12.7 Å². The predicted molar refractivity (Wildman–Crippen MR) is 63.2 cm³/mol. The molecule has 0 atom stereocenters. The van der Waals surface area contributed by atoms with Gasteiger partial charge in [-0.05, 0) is 28.4 Å². The van der Waals surface area contributed by atoms with E-state index < -0.39 is 5.97 Å². The van der Waals surface area contributed by atoms with Gasteiger partial charge in [-0.3, -0.25) is 0 Å². The van der Waals surface area contributed by atoms with Crippen LogP contribution in [-0.4, -0.2) is 15.6 Å². The van der Waals surface area contributed by atoms with Crippen molar-refractivity contribution in [3.8, 4) is 0 Å². The Morgan fingerprint density at radius 3 is 2.73 bits per heavy atom. The average molecular weight is 274 g/mol. The number of carboxylic acid groups (broad SMARTS) is 1. The lowest BCUT2D eigenvalue weighted by Crippen LogP contribution is -1.97. The van der Waals surface area contributed by atoms with Crippen molar-refractivity contribution in [2.75, 3.05) is 0 Å². The minimum Gasteiger partial charge on any atom is -0.478 e. The van der Waals surface area contributed by atoms with Gasteiger partial charge in [-0.25, -0.2) is 4.79 Å². The summed E-state index contributed by atoms with van der Waals surface area (Å²) in [7, 11) is 0.